The molecule has 4 fully saturated rings. The van der Waals surface area contributed by atoms with E-state index in [-0.39, 0.29) is 29.3 Å². The average Bonchev–Trinajstić information content (AvgIpc) is 2.98. The molecule has 5 heterocycles. The fourth-order valence-corrected chi connectivity index (χ4v) is 8.23. The zero-order chi connectivity index (χ0) is 31.3. The van der Waals surface area contributed by atoms with Crippen molar-refractivity contribution in [3.05, 3.63) is 86.2 Å². The van der Waals surface area contributed by atoms with Gasteiger partial charge in [-0.15, -0.1) is 0 Å². The monoisotopic (exact) mass is 673 g/mol. The number of hydrogen-bond donors (Lipinski definition) is 2. The Morgan fingerprint density at radius 2 is 1.78 bits per heavy atom. The van der Waals surface area contributed by atoms with E-state index in [4.69, 9.17) is 0 Å². The van der Waals surface area contributed by atoms with Crippen molar-refractivity contribution in [3.63, 3.8) is 0 Å². The predicted molar refractivity (Wildman–Crippen MR) is 177 cm³/mol. The number of hydrogen-bond acceptors (Lipinski definition) is 8. The van der Waals surface area contributed by atoms with Gasteiger partial charge in [-0.25, -0.2) is 4.68 Å². The van der Waals surface area contributed by atoms with Crippen molar-refractivity contribution in [2.24, 2.45) is 12.5 Å². The zero-order valence-electron chi connectivity index (χ0n) is 25.8. The normalized spacial score (nSPS) is 25.0. The minimum absolute atomic E-state index is 0.143. The highest BCUT2D eigenvalue weighted by Crippen LogP contribution is 2.43. The second kappa shape index (κ2) is 12.0. The van der Waals surface area contributed by atoms with Gasteiger partial charge in [-0.05, 0) is 70.6 Å². The predicted octanol–water partition coefficient (Wildman–Crippen LogP) is 3.29. The third kappa shape index (κ3) is 6.17. The fourth-order valence-electron chi connectivity index (χ4n) is 7.76. The summed E-state index contributed by atoms with van der Waals surface area (Å²) in [6.07, 6.45) is 3.69. The first-order chi connectivity index (χ1) is 21.6. The van der Waals surface area contributed by atoms with E-state index in [1.165, 1.54) is 21.5 Å². The number of rotatable bonds is 7. The van der Waals surface area contributed by atoms with Crippen LogP contribution in [0.1, 0.15) is 47.8 Å². The van der Waals surface area contributed by atoms with Gasteiger partial charge in [0, 0.05) is 76.4 Å². The number of anilines is 2. The number of nitrogens with zero attached hydrogens (tertiary/aromatic N) is 5. The summed E-state index contributed by atoms with van der Waals surface area (Å²) < 4.78 is 1.86. The van der Waals surface area contributed by atoms with Gasteiger partial charge >= 0.3 is 0 Å². The molecule has 1 aromatic heterocycles. The maximum Gasteiger partial charge on any atom is 0.282 e. The van der Waals surface area contributed by atoms with Crippen molar-refractivity contribution in [2.45, 2.75) is 43.7 Å². The van der Waals surface area contributed by atoms with Crippen LogP contribution in [0, 0.1) is 5.41 Å². The number of likely N-dealkylation sites (tertiary alicyclic amines) is 2. The summed E-state index contributed by atoms with van der Waals surface area (Å²) in [7, 11) is 3.81. The van der Waals surface area contributed by atoms with Crippen LogP contribution in [0.4, 0.5) is 11.4 Å². The van der Waals surface area contributed by atoms with Crippen molar-refractivity contribution >= 4 is 39.1 Å². The number of benzene rings is 2. The van der Waals surface area contributed by atoms with Gasteiger partial charge in [0.05, 0.1) is 17.8 Å². The minimum Gasteiger partial charge on any atom is -0.379 e. The van der Waals surface area contributed by atoms with E-state index in [9.17, 15) is 14.4 Å². The minimum atomic E-state index is -0.244. The molecule has 3 atom stereocenters. The molecule has 10 nitrogen and oxygen atoms in total. The van der Waals surface area contributed by atoms with E-state index in [0.717, 1.165) is 63.5 Å². The largest absolute Gasteiger partial charge is 0.379 e. The molecule has 4 aliphatic rings. The van der Waals surface area contributed by atoms with Crippen molar-refractivity contribution in [3.8, 4) is 0 Å². The number of nitrogens with one attached hydrogen (secondary N) is 2. The molecular formula is C34H40BrN7O3. The number of aryl methyl sites for hydroxylation is 1. The Morgan fingerprint density at radius 3 is 2.53 bits per heavy atom. The molecule has 1 unspecified atom stereocenters. The second-order valence-corrected chi connectivity index (χ2v) is 14.4. The first-order valence-electron chi connectivity index (χ1n) is 15.8. The summed E-state index contributed by atoms with van der Waals surface area (Å²) in [6, 6.07) is 17.7. The standard InChI is InChI=1S/C34H40BrN7O3/c1-39-16-25(12-26(17-39)37-29-14-36-40(2)33(45)31(29)35)23-8-6-22(7-9-23)15-41-18-34(19-41)20-42(21-34)27-5-3-4-24(13-27)28-10-11-30(43)38-32(28)44/h3-9,13-14,25-26,28,37H,10-12,15-21H2,1-2H3,(H,38,43,44)/t25-,26+,28?/m0/s1. The quantitative estimate of drug-likeness (QED) is 0.369. The Kier molecular flexibility index (Phi) is 8.03. The first-order valence-corrected chi connectivity index (χ1v) is 16.6. The molecule has 2 aromatic carbocycles. The van der Waals surface area contributed by atoms with Crippen LogP contribution in [0.5, 0.6) is 0 Å². The molecule has 45 heavy (non-hydrogen) atoms. The molecule has 0 radical (unpaired) electrons. The maximum absolute atomic E-state index is 12.4. The lowest BCUT2D eigenvalue weighted by Gasteiger charge is -2.61. The van der Waals surface area contributed by atoms with Gasteiger partial charge < -0.3 is 15.1 Å². The van der Waals surface area contributed by atoms with Gasteiger partial charge in [0.1, 0.15) is 4.47 Å². The lowest BCUT2D eigenvalue weighted by atomic mass is 9.72. The Labute approximate surface area is 271 Å². The summed E-state index contributed by atoms with van der Waals surface area (Å²) in [5.41, 5.74) is 5.82. The molecule has 4 aliphatic heterocycles. The number of aromatic nitrogens is 2. The number of piperidine rings is 2. The Morgan fingerprint density at radius 1 is 1.00 bits per heavy atom. The molecule has 0 aliphatic carbocycles. The van der Waals surface area contributed by atoms with Gasteiger partial charge in [0.15, 0.2) is 0 Å². The number of imide groups is 1. The molecule has 0 bridgehead atoms. The number of carbonyl (C=O) groups is 2. The highest BCUT2D eigenvalue weighted by molar-refractivity contribution is 9.10. The van der Waals surface area contributed by atoms with Crippen LogP contribution < -0.4 is 21.1 Å². The molecule has 4 saturated heterocycles. The summed E-state index contributed by atoms with van der Waals surface area (Å²) in [6.45, 7) is 7.17. The van der Waals surface area contributed by atoms with Crippen molar-refractivity contribution in [1.82, 2.24) is 24.9 Å². The van der Waals surface area contributed by atoms with E-state index >= 15 is 0 Å². The molecule has 0 saturated carbocycles. The number of carbonyl (C=O) groups excluding carboxylic acids is 2. The smallest absolute Gasteiger partial charge is 0.282 e. The summed E-state index contributed by atoms with van der Waals surface area (Å²) >= 11 is 3.44. The SMILES string of the molecule is CN1C[C@H](Nc2cnn(C)c(=O)c2Br)C[C@H](c2ccc(CN3CC4(C3)CN(c3cccc(C5CCC(=O)NC5=O)c3)C4)cc2)C1. The van der Waals surface area contributed by atoms with Crippen LogP contribution >= 0.6 is 15.9 Å². The summed E-state index contributed by atoms with van der Waals surface area (Å²) in [5, 5.41) is 10.2. The van der Waals surface area contributed by atoms with Crippen LogP contribution in [0.2, 0.25) is 0 Å². The third-order valence-electron chi connectivity index (χ3n) is 9.98. The van der Waals surface area contributed by atoms with Crippen LogP contribution in [0.25, 0.3) is 0 Å². The van der Waals surface area contributed by atoms with Gasteiger partial charge in [-0.1, -0.05) is 36.4 Å². The second-order valence-electron chi connectivity index (χ2n) is 13.6. The van der Waals surface area contributed by atoms with E-state index < -0.39 is 0 Å². The van der Waals surface area contributed by atoms with Crippen molar-refractivity contribution < 1.29 is 9.59 Å². The molecule has 11 heteroatoms. The average molecular weight is 675 g/mol. The lowest BCUT2D eigenvalue weighted by Crippen LogP contribution is -2.71. The molecule has 7 rings (SSSR count). The molecule has 1 spiro atoms. The van der Waals surface area contributed by atoms with E-state index in [0.29, 0.717) is 28.6 Å². The van der Waals surface area contributed by atoms with E-state index in [1.54, 1.807) is 13.2 Å². The number of likely N-dealkylation sites (N-methyl/N-ethyl adjacent to an activating group) is 1. The molecule has 2 amide bonds. The molecular weight excluding hydrogens is 634 g/mol. The van der Waals surface area contributed by atoms with Crippen LogP contribution in [-0.4, -0.2) is 83.8 Å². The molecule has 236 valence electrons. The highest BCUT2D eigenvalue weighted by atomic mass is 79.9. The van der Waals surface area contributed by atoms with Gasteiger partial charge in [-0.3, -0.25) is 24.6 Å². The molecule has 3 aromatic rings. The van der Waals surface area contributed by atoms with E-state index in [2.05, 4.69) is 89.8 Å². The van der Waals surface area contributed by atoms with Crippen LogP contribution in [0.3, 0.4) is 0 Å². The Balaban J connectivity index is 0.904. The maximum atomic E-state index is 12.4. The summed E-state index contributed by atoms with van der Waals surface area (Å²) in [5.74, 6) is -0.184. The third-order valence-corrected chi connectivity index (χ3v) is 10.7. The zero-order valence-corrected chi connectivity index (χ0v) is 27.4. The number of halogens is 1. The van der Waals surface area contributed by atoms with E-state index in [1.807, 2.05) is 12.1 Å². The van der Waals surface area contributed by atoms with Crippen molar-refractivity contribution in [1.29, 1.82) is 0 Å². The Bertz CT molecular complexity index is 1660. The van der Waals surface area contributed by atoms with Gasteiger partial charge in [0.2, 0.25) is 11.8 Å². The van der Waals surface area contributed by atoms with Gasteiger partial charge in [0.25, 0.3) is 5.56 Å². The molecule has 2 N–H and O–H groups in total. The first kappa shape index (κ1) is 30.1. The van der Waals surface area contributed by atoms with Crippen LogP contribution in [0.15, 0.2) is 64.0 Å². The lowest BCUT2D eigenvalue weighted by molar-refractivity contribution is -0.134. The van der Waals surface area contributed by atoms with Crippen molar-refractivity contribution in [2.75, 3.05) is 56.5 Å². The van der Waals surface area contributed by atoms with Gasteiger partial charge in [-0.2, -0.15) is 5.10 Å². The topological polar surface area (TPSA) is 103 Å². The fraction of sp³-hybridized carbons (Fsp3) is 0.471. The Hall–Kier alpha value is -3.54. The highest BCUT2D eigenvalue weighted by Gasteiger charge is 2.51. The summed E-state index contributed by atoms with van der Waals surface area (Å²) in [4.78, 5) is 43.5. The number of amides is 2. The van der Waals surface area contributed by atoms with Crippen LogP contribution in [-0.2, 0) is 23.2 Å².